The Morgan fingerprint density at radius 1 is 0.889 bits per heavy atom. The maximum Gasteiger partial charge on any atom is 0.153 e. The standard InChI is InChI=1S/C16H26O2/c1-10(2)7-15-9-16(15,8-11(3)4)13(18)14(5,6)12(15)17/h10-11H,7-9H2,1-6H3. The summed E-state index contributed by atoms with van der Waals surface area (Å²) in [5.41, 5.74) is -1.37. The minimum Gasteiger partial charge on any atom is -0.298 e. The molecular formula is C16H26O2. The molecular weight excluding hydrogens is 224 g/mol. The van der Waals surface area contributed by atoms with Crippen molar-refractivity contribution < 1.29 is 9.59 Å². The second-order valence-corrected chi connectivity index (χ2v) is 7.82. The van der Waals surface area contributed by atoms with Crippen molar-refractivity contribution >= 4 is 11.6 Å². The van der Waals surface area contributed by atoms with Crippen LogP contribution in [0.1, 0.15) is 60.8 Å². The summed E-state index contributed by atoms with van der Waals surface area (Å²) in [6, 6.07) is 0. The van der Waals surface area contributed by atoms with Gasteiger partial charge in [-0.25, -0.2) is 0 Å². The molecule has 2 nitrogen and oxygen atoms in total. The highest BCUT2D eigenvalue weighted by molar-refractivity contribution is 6.22. The zero-order valence-corrected chi connectivity index (χ0v) is 12.6. The molecule has 0 radical (unpaired) electrons. The largest absolute Gasteiger partial charge is 0.298 e. The summed E-state index contributed by atoms with van der Waals surface area (Å²) in [5, 5.41) is 0. The van der Waals surface area contributed by atoms with E-state index >= 15 is 0 Å². The SMILES string of the molecule is CC(C)CC12CC1(CC(C)C)C(=O)C(C)(C)C2=O. The van der Waals surface area contributed by atoms with Crippen LogP contribution in [0.3, 0.4) is 0 Å². The zero-order chi connectivity index (χ0) is 13.9. The van der Waals surface area contributed by atoms with E-state index in [2.05, 4.69) is 27.7 Å². The molecule has 2 rings (SSSR count). The van der Waals surface area contributed by atoms with E-state index in [0.717, 1.165) is 19.3 Å². The number of carbonyl (C=O) groups is 2. The van der Waals surface area contributed by atoms with Crippen molar-refractivity contribution in [2.75, 3.05) is 0 Å². The van der Waals surface area contributed by atoms with Gasteiger partial charge in [-0.2, -0.15) is 0 Å². The molecule has 0 N–H and O–H groups in total. The van der Waals surface area contributed by atoms with Gasteiger partial charge in [0.25, 0.3) is 0 Å². The van der Waals surface area contributed by atoms with Crippen molar-refractivity contribution in [1.82, 2.24) is 0 Å². The molecule has 0 bridgehead atoms. The number of hydrogen-bond acceptors (Lipinski definition) is 2. The Kier molecular flexibility index (Phi) is 2.81. The van der Waals surface area contributed by atoms with Crippen LogP contribution in [0.2, 0.25) is 0 Å². The van der Waals surface area contributed by atoms with Crippen LogP contribution in [0.4, 0.5) is 0 Å². The topological polar surface area (TPSA) is 34.1 Å². The zero-order valence-electron chi connectivity index (χ0n) is 12.6. The van der Waals surface area contributed by atoms with E-state index in [1.807, 2.05) is 13.8 Å². The molecule has 102 valence electrons. The second kappa shape index (κ2) is 3.68. The molecule has 2 unspecified atom stereocenters. The first kappa shape index (κ1) is 13.8. The summed E-state index contributed by atoms with van der Waals surface area (Å²) in [4.78, 5) is 25.4. The summed E-state index contributed by atoms with van der Waals surface area (Å²) < 4.78 is 0. The van der Waals surface area contributed by atoms with Gasteiger partial charge in [0.15, 0.2) is 11.6 Å². The lowest BCUT2D eigenvalue weighted by Crippen LogP contribution is -2.33. The molecule has 0 amide bonds. The van der Waals surface area contributed by atoms with E-state index in [9.17, 15) is 9.59 Å². The van der Waals surface area contributed by atoms with Crippen molar-refractivity contribution in [3.05, 3.63) is 0 Å². The first-order valence-corrected chi connectivity index (χ1v) is 7.20. The molecule has 0 spiro atoms. The molecule has 2 aliphatic rings. The fraction of sp³-hybridized carbons (Fsp3) is 0.875. The second-order valence-electron chi connectivity index (χ2n) is 7.82. The smallest absolute Gasteiger partial charge is 0.153 e. The first-order valence-electron chi connectivity index (χ1n) is 7.20. The summed E-state index contributed by atoms with van der Waals surface area (Å²) >= 11 is 0. The molecule has 0 aromatic carbocycles. The monoisotopic (exact) mass is 250 g/mol. The van der Waals surface area contributed by atoms with Gasteiger partial charge in [-0.15, -0.1) is 0 Å². The van der Waals surface area contributed by atoms with Gasteiger partial charge in [0.1, 0.15) is 0 Å². The van der Waals surface area contributed by atoms with E-state index in [1.54, 1.807) is 0 Å². The number of hydrogen-bond donors (Lipinski definition) is 0. The van der Waals surface area contributed by atoms with E-state index in [0.29, 0.717) is 11.8 Å². The Morgan fingerprint density at radius 2 is 1.22 bits per heavy atom. The van der Waals surface area contributed by atoms with Crippen molar-refractivity contribution in [2.45, 2.75) is 60.8 Å². The van der Waals surface area contributed by atoms with Crippen LogP contribution in [0, 0.1) is 28.1 Å². The fourth-order valence-electron chi connectivity index (χ4n) is 4.48. The molecule has 2 heteroatoms. The van der Waals surface area contributed by atoms with E-state index in [4.69, 9.17) is 0 Å². The van der Waals surface area contributed by atoms with Gasteiger partial charge < -0.3 is 0 Å². The number of ketones is 2. The van der Waals surface area contributed by atoms with Crippen molar-refractivity contribution in [1.29, 1.82) is 0 Å². The van der Waals surface area contributed by atoms with Crippen LogP contribution in [0.15, 0.2) is 0 Å². The van der Waals surface area contributed by atoms with Crippen LogP contribution in [-0.2, 0) is 9.59 Å². The maximum absolute atomic E-state index is 12.7. The highest BCUT2D eigenvalue weighted by atomic mass is 16.2. The van der Waals surface area contributed by atoms with Crippen LogP contribution in [0.5, 0.6) is 0 Å². The molecule has 2 atom stereocenters. The molecule has 2 fully saturated rings. The Labute approximate surface area is 111 Å². The van der Waals surface area contributed by atoms with Crippen LogP contribution < -0.4 is 0 Å². The van der Waals surface area contributed by atoms with Gasteiger partial charge in [0, 0.05) is 10.8 Å². The lowest BCUT2D eigenvalue weighted by molar-refractivity contribution is -0.137. The number of rotatable bonds is 4. The van der Waals surface area contributed by atoms with Gasteiger partial charge in [-0.3, -0.25) is 9.59 Å². The van der Waals surface area contributed by atoms with E-state index in [1.165, 1.54) is 0 Å². The molecule has 0 aromatic heterocycles. The summed E-state index contributed by atoms with van der Waals surface area (Å²) in [5.74, 6) is 1.39. The average molecular weight is 250 g/mol. The van der Waals surface area contributed by atoms with Gasteiger partial charge in [0.05, 0.1) is 5.41 Å². The summed E-state index contributed by atoms with van der Waals surface area (Å²) in [6.45, 7) is 12.3. The fourth-order valence-corrected chi connectivity index (χ4v) is 4.48. The average Bonchev–Trinajstić information content (AvgIpc) is 2.79. The van der Waals surface area contributed by atoms with Gasteiger partial charge in [0.2, 0.25) is 0 Å². The predicted molar refractivity (Wildman–Crippen MR) is 72.2 cm³/mol. The van der Waals surface area contributed by atoms with Gasteiger partial charge >= 0.3 is 0 Å². The molecule has 0 saturated heterocycles. The third kappa shape index (κ3) is 1.47. The van der Waals surface area contributed by atoms with Crippen molar-refractivity contribution in [2.24, 2.45) is 28.1 Å². The van der Waals surface area contributed by atoms with Crippen LogP contribution in [-0.4, -0.2) is 11.6 Å². The predicted octanol–water partition coefficient (Wildman–Crippen LogP) is 3.63. The quantitative estimate of drug-likeness (QED) is 0.714. The van der Waals surface area contributed by atoms with Crippen molar-refractivity contribution in [3.8, 4) is 0 Å². The minimum absolute atomic E-state index is 0.217. The highest BCUT2D eigenvalue weighted by Gasteiger charge is 2.83. The first-order chi connectivity index (χ1) is 8.10. The lowest BCUT2D eigenvalue weighted by atomic mass is 9.80. The Hall–Kier alpha value is -0.660. The van der Waals surface area contributed by atoms with E-state index < -0.39 is 5.41 Å². The number of Topliss-reactive ketones (excluding diaryl/α,β-unsaturated/α-hetero) is 2. The third-order valence-corrected chi connectivity index (χ3v) is 4.91. The maximum atomic E-state index is 12.7. The number of fused-ring (bicyclic) bond motifs is 1. The minimum atomic E-state index is -0.748. The third-order valence-electron chi connectivity index (χ3n) is 4.91. The Morgan fingerprint density at radius 3 is 1.50 bits per heavy atom. The molecule has 18 heavy (non-hydrogen) atoms. The Bertz CT molecular complexity index is 369. The Balaban J connectivity index is 2.41. The van der Waals surface area contributed by atoms with Gasteiger partial charge in [-0.1, -0.05) is 27.7 Å². The summed E-state index contributed by atoms with van der Waals surface area (Å²) in [6.07, 6.45) is 2.58. The van der Waals surface area contributed by atoms with Crippen molar-refractivity contribution in [3.63, 3.8) is 0 Å². The lowest BCUT2D eigenvalue weighted by Gasteiger charge is -2.20. The molecule has 2 saturated carbocycles. The van der Waals surface area contributed by atoms with Crippen LogP contribution in [0.25, 0.3) is 0 Å². The highest BCUT2D eigenvalue weighted by Crippen LogP contribution is 2.77. The molecule has 0 aliphatic heterocycles. The number of carbonyl (C=O) groups excluding carboxylic acids is 2. The van der Waals surface area contributed by atoms with Gasteiger partial charge in [-0.05, 0) is 44.9 Å². The normalized spacial score (nSPS) is 37.6. The summed E-state index contributed by atoms with van der Waals surface area (Å²) in [7, 11) is 0. The molecule has 2 aliphatic carbocycles. The van der Waals surface area contributed by atoms with Crippen LogP contribution >= 0.6 is 0 Å². The molecule has 0 aromatic rings. The van der Waals surface area contributed by atoms with E-state index in [-0.39, 0.29) is 22.4 Å². The molecule has 0 heterocycles.